The lowest BCUT2D eigenvalue weighted by Gasteiger charge is -2.59. The van der Waals surface area contributed by atoms with Gasteiger partial charge in [-0.3, -0.25) is 9.59 Å². The van der Waals surface area contributed by atoms with Gasteiger partial charge >= 0.3 is 11.9 Å². The minimum atomic E-state index is -1.03. The number of carbonyl (C=O) groups excluding carboxylic acids is 1. The number of hydrogen-bond acceptors (Lipinski definition) is 7. The van der Waals surface area contributed by atoms with E-state index >= 15 is 0 Å². The van der Waals surface area contributed by atoms with E-state index < -0.39 is 35.9 Å². The number of rotatable bonds is 4. The second kappa shape index (κ2) is 6.69. The van der Waals surface area contributed by atoms with Crippen molar-refractivity contribution in [3.63, 3.8) is 0 Å². The van der Waals surface area contributed by atoms with E-state index in [0.29, 0.717) is 12.3 Å². The van der Waals surface area contributed by atoms with Crippen LogP contribution in [0.2, 0.25) is 0 Å². The fourth-order valence-electron chi connectivity index (χ4n) is 5.40. The first-order valence-corrected chi connectivity index (χ1v) is 9.86. The number of carbonyl (C=O) groups is 2. The van der Waals surface area contributed by atoms with Gasteiger partial charge in [0.25, 0.3) is 0 Å². The molecule has 1 unspecified atom stereocenters. The van der Waals surface area contributed by atoms with Crippen LogP contribution in [-0.4, -0.2) is 41.0 Å². The number of aliphatic carboxylic acids is 1. The van der Waals surface area contributed by atoms with Gasteiger partial charge in [-0.2, -0.15) is 0 Å². The van der Waals surface area contributed by atoms with E-state index in [9.17, 15) is 9.59 Å². The molecule has 4 aliphatic heterocycles. The van der Waals surface area contributed by atoms with Crippen LogP contribution in [0.1, 0.15) is 59.3 Å². The van der Waals surface area contributed by atoms with Gasteiger partial charge < -0.3 is 19.3 Å². The van der Waals surface area contributed by atoms with Gasteiger partial charge in [-0.05, 0) is 38.0 Å². The Balaban J connectivity index is 1.58. The monoisotopic (exact) mass is 384 g/mol. The van der Waals surface area contributed by atoms with E-state index in [1.54, 1.807) is 0 Å². The molecule has 4 heterocycles. The molecule has 2 bridgehead atoms. The third kappa shape index (κ3) is 3.06. The van der Waals surface area contributed by atoms with Gasteiger partial charge in [0.05, 0.1) is 12.8 Å². The van der Waals surface area contributed by atoms with Crippen LogP contribution in [-0.2, 0) is 33.6 Å². The highest BCUT2D eigenvalue weighted by Crippen LogP contribution is 2.60. The molecule has 8 heteroatoms. The van der Waals surface area contributed by atoms with E-state index in [1.165, 1.54) is 0 Å². The summed E-state index contributed by atoms with van der Waals surface area (Å²) in [5, 5.41) is 8.76. The van der Waals surface area contributed by atoms with Gasteiger partial charge in [0.15, 0.2) is 11.9 Å². The maximum absolute atomic E-state index is 12.1. The van der Waals surface area contributed by atoms with Crippen molar-refractivity contribution in [2.45, 2.75) is 83.3 Å². The minimum absolute atomic E-state index is 0.0670. The van der Waals surface area contributed by atoms with E-state index in [4.69, 9.17) is 29.1 Å². The van der Waals surface area contributed by atoms with Crippen molar-refractivity contribution in [1.29, 1.82) is 0 Å². The molecule has 0 aromatic carbocycles. The Kier molecular flexibility index (Phi) is 4.73. The number of ether oxygens (including phenoxy) is 3. The zero-order valence-corrected chi connectivity index (χ0v) is 16.0. The maximum Gasteiger partial charge on any atom is 0.308 e. The molecule has 1 N–H and O–H groups in total. The zero-order chi connectivity index (χ0) is 19.4. The van der Waals surface area contributed by atoms with Crippen molar-refractivity contribution >= 4 is 11.9 Å². The predicted molar refractivity (Wildman–Crippen MR) is 89.8 cm³/mol. The highest BCUT2D eigenvalue weighted by atomic mass is 17.3. The molecule has 0 aromatic heterocycles. The number of fused-ring (bicyclic) bond motifs is 2. The Morgan fingerprint density at radius 1 is 1.11 bits per heavy atom. The van der Waals surface area contributed by atoms with Gasteiger partial charge in [-0.25, -0.2) is 9.78 Å². The Labute approximate surface area is 158 Å². The highest BCUT2D eigenvalue weighted by molar-refractivity contribution is 5.76. The number of carboxylic acid groups (broad SMARTS) is 1. The lowest BCUT2D eigenvalue weighted by molar-refractivity contribution is -0.576. The SMILES string of the molecule is C[C@@H]1CC[C@H]2[C@@H](C)C(OC(=O)CCC(=O)O)O[C@@H]3O[C@@]4(C)CC[C@@H]1[C@]32OO4. The fraction of sp³-hybridized carbons (Fsp3) is 0.895. The summed E-state index contributed by atoms with van der Waals surface area (Å²) in [5.41, 5.74) is -0.697. The zero-order valence-electron chi connectivity index (χ0n) is 16.0. The molecule has 5 aliphatic rings. The molecule has 1 saturated carbocycles. The first kappa shape index (κ1) is 19.1. The number of carboxylic acids is 1. The van der Waals surface area contributed by atoms with Crippen molar-refractivity contribution in [1.82, 2.24) is 0 Å². The Hall–Kier alpha value is -1.22. The molecule has 5 fully saturated rings. The molecule has 1 aliphatic carbocycles. The average molecular weight is 384 g/mol. The Morgan fingerprint density at radius 2 is 1.89 bits per heavy atom. The lowest BCUT2D eigenvalue weighted by atomic mass is 9.58. The summed E-state index contributed by atoms with van der Waals surface area (Å²) >= 11 is 0. The van der Waals surface area contributed by atoms with Crippen LogP contribution in [0.5, 0.6) is 0 Å². The molecular weight excluding hydrogens is 356 g/mol. The minimum Gasteiger partial charge on any atom is -0.481 e. The van der Waals surface area contributed by atoms with Crippen LogP contribution in [0.15, 0.2) is 0 Å². The summed E-state index contributed by atoms with van der Waals surface area (Å²) in [4.78, 5) is 34.5. The predicted octanol–water partition coefficient (Wildman–Crippen LogP) is 2.60. The molecule has 0 aromatic rings. The van der Waals surface area contributed by atoms with E-state index in [2.05, 4.69) is 6.92 Å². The molecule has 152 valence electrons. The smallest absolute Gasteiger partial charge is 0.308 e. The summed E-state index contributed by atoms with van der Waals surface area (Å²) in [6.45, 7) is 6.06. The standard InChI is InChI=1S/C19H28O8/c1-10-4-5-13-11(2)16(23-15(22)7-6-14(20)21)24-17-19(13)12(10)8-9-18(3,25-17)26-27-19/h10-13,16-17H,4-9H2,1-3H3,(H,20,21)/t10-,11-,12+,13+,16?,17-,18-,19-/m1/s1. The molecule has 1 spiro atoms. The molecule has 8 atom stereocenters. The molecule has 8 nitrogen and oxygen atoms in total. The topological polar surface area (TPSA) is 101 Å². The maximum atomic E-state index is 12.1. The molecule has 27 heavy (non-hydrogen) atoms. The van der Waals surface area contributed by atoms with Gasteiger partial charge in [-0.15, -0.1) is 0 Å². The summed E-state index contributed by atoms with van der Waals surface area (Å²) < 4.78 is 17.8. The van der Waals surface area contributed by atoms with Crippen LogP contribution in [0.4, 0.5) is 0 Å². The Morgan fingerprint density at radius 3 is 2.63 bits per heavy atom. The lowest BCUT2D eigenvalue weighted by Crippen LogP contribution is -2.70. The van der Waals surface area contributed by atoms with Crippen LogP contribution in [0, 0.1) is 23.7 Å². The van der Waals surface area contributed by atoms with Crippen molar-refractivity contribution in [2.75, 3.05) is 0 Å². The number of hydrogen-bond donors (Lipinski definition) is 1. The van der Waals surface area contributed by atoms with Crippen molar-refractivity contribution in [3.05, 3.63) is 0 Å². The molecule has 0 radical (unpaired) electrons. The molecular formula is C19H28O8. The second-order valence-corrected chi connectivity index (χ2v) is 8.66. The summed E-state index contributed by atoms with van der Waals surface area (Å²) in [6.07, 6.45) is 1.72. The molecule has 5 rings (SSSR count). The molecule has 0 amide bonds. The van der Waals surface area contributed by atoms with E-state index in [0.717, 1.165) is 19.3 Å². The van der Waals surface area contributed by atoms with E-state index in [1.807, 2.05) is 13.8 Å². The number of esters is 1. The fourth-order valence-corrected chi connectivity index (χ4v) is 5.40. The first-order valence-electron chi connectivity index (χ1n) is 9.86. The normalized spacial score (nSPS) is 48.4. The van der Waals surface area contributed by atoms with Gasteiger partial charge in [0, 0.05) is 18.3 Å². The summed E-state index contributed by atoms with van der Waals surface area (Å²) in [7, 11) is 0. The highest BCUT2D eigenvalue weighted by Gasteiger charge is 2.69. The van der Waals surface area contributed by atoms with Crippen LogP contribution < -0.4 is 0 Å². The van der Waals surface area contributed by atoms with Gasteiger partial charge in [-0.1, -0.05) is 13.8 Å². The van der Waals surface area contributed by atoms with E-state index in [-0.39, 0.29) is 30.6 Å². The third-order valence-electron chi connectivity index (χ3n) is 6.89. The van der Waals surface area contributed by atoms with Crippen LogP contribution >= 0.6 is 0 Å². The van der Waals surface area contributed by atoms with Crippen LogP contribution in [0.3, 0.4) is 0 Å². The van der Waals surface area contributed by atoms with Gasteiger partial charge in [0.2, 0.25) is 12.1 Å². The van der Waals surface area contributed by atoms with Crippen molar-refractivity contribution < 1.29 is 38.7 Å². The third-order valence-corrected chi connectivity index (χ3v) is 6.89. The Bertz CT molecular complexity index is 623. The van der Waals surface area contributed by atoms with Crippen LogP contribution in [0.25, 0.3) is 0 Å². The summed E-state index contributed by atoms with van der Waals surface area (Å²) in [5.74, 6) is -1.82. The summed E-state index contributed by atoms with van der Waals surface area (Å²) in [6, 6.07) is 0. The van der Waals surface area contributed by atoms with Gasteiger partial charge in [0.1, 0.15) is 0 Å². The first-order chi connectivity index (χ1) is 12.7. The van der Waals surface area contributed by atoms with Crippen molar-refractivity contribution in [2.24, 2.45) is 23.7 Å². The second-order valence-electron chi connectivity index (χ2n) is 8.66. The van der Waals surface area contributed by atoms with Crippen molar-refractivity contribution in [3.8, 4) is 0 Å². The quantitative estimate of drug-likeness (QED) is 0.583. The molecule has 4 saturated heterocycles. The average Bonchev–Trinajstić information content (AvgIpc) is 2.84. The largest absolute Gasteiger partial charge is 0.481 e.